The highest BCUT2D eigenvalue weighted by molar-refractivity contribution is 5.82. The van der Waals surface area contributed by atoms with Crippen molar-refractivity contribution in [3.63, 3.8) is 0 Å². The maximum Gasteiger partial charge on any atom is 0.471 e. The minimum atomic E-state index is -5.17. The Hall–Kier alpha value is -1.20. The lowest BCUT2D eigenvalue weighted by Gasteiger charge is -2.42. The standard InChI is InChI=1S/C11H16F3NO6/c1-2-3-20-9-6(15-10(19)11(12,13)14)8(18)7(17)5(4-16)21-9/h2,5-9,16-18H,1,3-4H2,(H,15,19)/t5-,6+,7-,8-,9+/m1/s1. The van der Waals surface area contributed by atoms with E-state index in [1.165, 1.54) is 11.4 Å². The van der Waals surface area contributed by atoms with Gasteiger partial charge in [0, 0.05) is 0 Å². The first-order chi connectivity index (χ1) is 9.72. The van der Waals surface area contributed by atoms with E-state index in [9.17, 15) is 28.2 Å². The molecule has 1 amide bonds. The molecule has 1 rings (SSSR count). The van der Waals surface area contributed by atoms with Gasteiger partial charge in [0.25, 0.3) is 0 Å². The van der Waals surface area contributed by atoms with Crippen molar-refractivity contribution >= 4 is 5.91 Å². The summed E-state index contributed by atoms with van der Waals surface area (Å²) in [7, 11) is 0. The highest BCUT2D eigenvalue weighted by atomic mass is 19.4. The molecule has 122 valence electrons. The molecule has 21 heavy (non-hydrogen) atoms. The zero-order valence-electron chi connectivity index (χ0n) is 10.8. The predicted molar refractivity (Wildman–Crippen MR) is 61.9 cm³/mol. The van der Waals surface area contributed by atoms with E-state index < -0.39 is 49.3 Å². The third-order valence-corrected chi connectivity index (χ3v) is 2.81. The van der Waals surface area contributed by atoms with E-state index in [0.29, 0.717) is 0 Å². The zero-order chi connectivity index (χ0) is 16.2. The molecule has 1 fully saturated rings. The zero-order valence-corrected chi connectivity index (χ0v) is 10.8. The number of hydrogen-bond acceptors (Lipinski definition) is 6. The molecular weight excluding hydrogens is 299 g/mol. The van der Waals surface area contributed by atoms with Gasteiger partial charge in [-0.1, -0.05) is 6.08 Å². The SMILES string of the molecule is C=CCO[C@H]1O[C@H](CO)[C@@H](O)[C@H](O)[C@@H]1NC(=O)C(F)(F)F. The van der Waals surface area contributed by atoms with Crippen LogP contribution in [0.3, 0.4) is 0 Å². The molecule has 0 aromatic heterocycles. The van der Waals surface area contributed by atoms with E-state index in [-0.39, 0.29) is 6.61 Å². The number of aliphatic hydroxyl groups excluding tert-OH is 3. The third-order valence-electron chi connectivity index (χ3n) is 2.81. The number of alkyl halides is 3. The highest BCUT2D eigenvalue weighted by Gasteiger charge is 2.49. The smallest absolute Gasteiger partial charge is 0.394 e. The summed E-state index contributed by atoms with van der Waals surface area (Å²) < 4.78 is 46.8. The maximum atomic E-state index is 12.3. The molecule has 0 aromatic carbocycles. The summed E-state index contributed by atoms with van der Waals surface area (Å²) in [6, 6.07) is -1.66. The molecule has 10 heteroatoms. The normalized spacial score (nSPS) is 33.5. The number of halogens is 3. The molecule has 7 nitrogen and oxygen atoms in total. The van der Waals surface area contributed by atoms with Gasteiger partial charge >= 0.3 is 12.1 Å². The van der Waals surface area contributed by atoms with Gasteiger partial charge in [-0.3, -0.25) is 4.79 Å². The average molecular weight is 315 g/mol. The second-order valence-electron chi connectivity index (χ2n) is 4.33. The summed E-state index contributed by atoms with van der Waals surface area (Å²) in [6.07, 6.45) is -10.1. The van der Waals surface area contributed by atoms with Gasteiger partial charge in [0.1, 0.15) is 24.4 Å². The second kappa shape index (κ2) is 7.18. The van der Waals surface area contributed by atoms with Crippen LogP contribution < -0.4 is 5.32 Å². The largest absolute Gasteiger partial charge is 0.471 e. The lowest BCUT2D eigenvalue weighted by molar-refractivity contribution is -0.269. The van der Waals surface area contributed by atoms with Crippen LogP contribution in [0.25, 0.3) is 0 Å². The molecule has 0 unspecified atom stereocenters. The van der Waals surface area contributed by atoms with E-state index in [1.54, 1.807) is 0 Å². The molecule has 0 bridgehead atoms. The molecule has 0 spiro atoms. The Bertz CT molecular complexity index is 377. The molecular formula is C11H16F3NO6. The second-order valence-corrected chi connectivity index (χ2v) is 4.33. The molecule has 4 N–H and O–H groups in total. The van der Waals surface area contributed by atoms with Crippen LogP contribution in [-0.4, -0.2) is 71.3 Å². The quantitative estimate of drug-likeness (QED) is 0.469. The van der Waals surface area contributed by atoms with Crippen molar-refractivity contribution in [2.24, 2.45) is 0 Å². The molecule has 0 saturated carbocycles. The van der Waals surface area contributed by atoms with Gasteiger partial charge in [-0.25, -0.2) is 0 Å². The lowest BCUT2D eigenvalue weighted by atomic mass is 9.97. The predicted octanol–water partition coefficient (Wildman–Crippen LogP) is -1.32. The van der Waals surface area contributed by atoms with Gasteiger partial charge in [0.2, 0.25) is 0 Å². The van der Waals surface area contributed by atoms with Crippen molar-refractivity contribution in [2.75, 3.05) is 13.2 Å². The van der Waals surface area contributed by atoms with Crippen LogP contribution >= 0.6 is 0 Å². The van der Waals surface area contributed by atoms with Crippen molar-refractivity contribution in [1.82, 2.24) is 5.32 Å². The minimum Gasteiger partial charge on any atom is -0.394 e. The number of ether oxygens (including phenoxy) is 2. The van der Waals surface area contributed by atoms with Crippen LogP contribution in [0.1, 0.15) is 0 Å². The first kappa shape index (κ1) is 17.9. The van der Waals surface area contributed by atoms with Gasteiger partial charge in [-0.05, 0) is 0 Å². The van der Waals surface area contributed by atoms with Crippen LogP contribution in [0.5, 0.6) is 0 Å². The van der Waals surface area contributed by atoms with Crippen LogP contribution in [-0.2, 0) is 14.3 Å². The van der Waals surface area contributed by atoms with Gasteiger partial charge in [-0.2, -0.15) is 13.2 Å². The number of rotatable bonds is 5. The average Bonchev–Trinajstić information content (AvgIpc) is 2.41. The Morgan fingerprint density at radius 3 is 2.48 bits per heavy atom. The van der Waals surface area contributed by atoms with E-state index in [2.05, 4.69) is 6.58 Å². The highest BCUT2D eigenvalue weighted by Crippen LogP contribution is 2.24. The fourth-order valence-electron chi connectivity index (χ4n) is 1.77. The van der Waals surface area contributed by atoms with Gasteiger partial charge in [0.05, 0.1) is 13.2 Å². The Balaban J connectivity index is 2.88. The number of nitrogens with one attached hydrogen (secondary N) is 1. The number of hydrogen-bond donors (Lipinski definition) is 4. The molecule has 1 heterocycles. The minimum absolute atomic E-state index is 0.135. The van der Waals surface area contributed by atoms with Crippen molar-refractivity contribution < 1.29 is 42.8 Å². The summed E-state index contributed by atoms with van der Waals surface area (Å²) in [6.45, 7) is 2.51. The Morgan fingerprint density at radius 1 is 1.38 bits per heavy atom. The van der Waals surface area contributed by atoms with Crippen LogP contribution in [0.4, 0.5) is 13.2 Å². The Kier molecular flexibility index (Phi) is 6.10. The van der Waals surface area contributed by atoms with Gasteiger partial charge in [-0.15, -0.1) is 6.58 Å². The number of carbonyl (C=O) groups excluding carboxylic acids is 1. The van der Waals surface area contributed by atoms with Crippen molar-refractivity contribution in [3.8, 4) is 0 Å². The first-order valence-corrected chi connectivity index (χ1v) is 5.95. The molecule has 1 aliphatic heterocycles. The first-order valence-electron chi connectivity index (χ1n) is 5.95. The molecule has 0 aromatic rings. The van der Waals surface area contributed by atoms with E-state index in [1.807, 2.05) is 0 Å². The van der Waals surface area contributed by atoms with E-state index in [4.69, 9.17) is 14.6 Å². The Labute approximate surface area is 118 Å². The maximum absolute atomic E-state index is 12.3. The van der Waals surface area contributed by atoms with Crippen LogP contribution in [0, 0.1) is 0 Å². The third kappa shape index (κ3) is 4.38. The summed E-state index contributed by atoms with van der Waals surface area (Å²) in [5.74, 6) is -2.31. The van der Waals surface area contributed by atoms with E-state index >= 15 is 0 Å². The Morgan fingerprint density at radius 2 is 2.00 bits per heavy atom. The van der Waals surface area contributed by atoms with Crippen molar-refractivity contribution in [1.29, 1.82) is 0 Å². The van der Waals surface area contributed by atoms with Crippen molar-refractivity contribution in [2.45, 2.75) is 36.8 Å². The molecule has 1 saturated heterocycles. The summed E-state index contributed by atoms with van der Waals surface area (Å²) >= 11 is 0. The monoisotopic (exact) mass is 315 g/mol. The summed E-state index contributed by atoms with van der Waals surface area (Å²) in [4.78, 5) is 10.9. The van der Waals surface area contributed by atoms with Crippen LogP contribution in [0.2, 0.25) is 0 Å². The van der Waals surface area contributed by atoms with Gasteiger partial charge < -0.3 is 30.1 Å². The van der Waals surface area contributed by atoms with E-state index in [0.717, 1.165) is 0 Å². The lowest BCUT2D eigenvalue weighted by Crippen LogP contribution is -2.65. The van der Waals surface area contributed by atoms with Crippen LogP contribution in [0.15, 0.2) is 12.7 Å². The summed E-state index contributed by atoms with van der Waals surface area (Å²) in [5.41, 5.74) is 0. The topological polar surface area (TPSA) is 108 Å². The van der Waals surface area contributed by atoms with Crippen molar-refractivity contribution in [3.05, 3.63) is 12.7 Å². The molecule has 0 aliphatic carbocycles. The number of aliphatic hydroxyl groups is 3. The number of carbonyl (C=O) groups is 1. The molecule has 5 atom stereocenters. The summed E-state index contributed by atoms with van der Waals surface area (Å²) in [5, 5.41) is 29.9. The number of amides is 1. The van der Waals surface area contributed by atoms with Gasteiger partial charge in [0.15, 0.2) is 6.29 Å². The molecule has 0 radical (unpaired) electrons. The fraction of sp³-hybridized carbons (Fsp3) is 0.727. The fourth-order valence-corrected chi connectivity index (χ4v) is 1.77. The molecule has 1 aliphatic rings.